The van der Waals surface area contributed by atoms with E-state index in [0.29, 0.717) is 0 Å². The van der Waals surface area contributed by atoms with E-state index in [-0.39, 0.29) is 6.04 Å². The van der Waals surface area contributed by atoms with Gasteiger partial charge in [0.2, 0.25) is 0 Å². The summed E-state index contributed by atoms with van der Waals surface area (Å²) in [7, 11) is 0. The molecule has 1 fully saturated rings. The third-order valence-corrected chi connectivity index (χ3v) is 4.08. The van der Waals surface area contributed by atoms with Crippen molar-refractivity contribution in [3.05, 3.63) is 36.1 Å². The van der Waals surface area contributed by atoms with Crippen molar-refractivity contribution in [3.63, 3.8) is 0 Å². The highest BCUT2D eigenvalue weighted by Gasteiger charge is 2.12. The first-order valence-electron chi connectivity index (χ1n) is 7.85. The van der Waals surface area contributed by atoms with Gasteiger partial charge in [-0.1, -0.05) is 18.2 Å². The molecule has 2 aromatic rings. The predicted molar refractivity (Wildman–Crippen MR) is 84.5 cm³/mol. The number of para-hydroxylation sites is 1. The molecule has 1 aliphatic rings. The molecule has 1 N–H and O–H groups in total. The number of fused-ring (bicyclic) bond motifs is 1. The van der Waals surface area contributed by atoms with E-state index < -0.39 is 0 Å². The molecule has 1 aromatic carbocycles. The normalized spacial score (nSPS) is 18.1. The average Bonchev–Trinajstić information content (AvgIpc) is 2.96. The summed E-state index contributed by atoms with van der Waals surface area (Å²) in [5.74, 6) is 1.02. The fourth-order valence-corrected chi connectivity index (χ4v) is 2.76. The van der Waals surface area contributed by atoms with Crippen LogP contribution >= 0.6 is 0 Å². The number of nitrogens with one attached hydrogen (secondary N) is 1. The van der Waals surface area contributed by atoms with Crippen molar-refractivity contribution in [2.75, 3.05) is 39.4 Å². The zero-order valence-corrected chi connectivity index (χ0v) is 12.7. The van der Waals surface area contributed by atoms with E-state index in [2.05, 4.69) is 29.3 Å². The minimum absolute atomic E-state index is 0.252. The molecule has 0 aliphatic carbocycles. The molecule has 2 heterocycles. The Kier molecular flexibility index (Phi) is 4.91. The summed E-state index contributed by atoms with van der Waals surface area (Å²) in [6.07, 6.45) is 1.16. The number of hydrogen-bond acceptors (Lipinski definition) is 4. The molecule has 1 saturated heterocycles. The highest BCUT2D eigenvalue weighted by molar-refractivity contribution is 5.77. The molecule has 1 atom stereocenters. The first-order chi connectivity index (χ1) is 10.3. The van der Waals surface area contributed by atoms with E-state index in [1.807, 2.05) is 18.2 Å². The first-order valence-corrected chi connectivity index (χ1v) is 7.85. The second-order valence-electron chi connectivity index (χ2n) is 5.67. The molecule has 0 radical (unpaired) electrons. The van der Waals surface area contributed by atoms with E-state index >= 15 is 0 Å². The summed E-state index contributed by atoms with van der Waals surface area (Å²) in [4.78, 5) is 2.47. The fraction of sp³-hybridized carbons (Fsp3) is 0.529. The molecule has 3 rings (SSSR count). The number of nitrogens with zero attached hydrogens (tertiary/aromatic N) is 1. The summed E-state index contributed by atoms with van der Waals surface area (Å²) in [6.45, 7) is 8.20. The summed E-state index contributed by atoms with van der Waals surface area (Å²) in [5.41, 5.74) is 0.967. The molecular formula is C17H24N2O2. The van der Waals surface area contributed by atoms with Gasteiger partial charge in [-0.05, 0) is 38.6 Å². The van der Waals surface area contributed by atoms with Crippen molar-refractivity contribution >= 4 is 11.0 Å². The van der Waals surface area contributed by atoms with Crippen LogP contribution in [-0.4, -0.2) is 44.3 Å². The number of rotatable bonds is 6. The molecule has 0 spiro atoms. The molecule has 0 saturated carbocycles. The SMILES string of the molecule is C[C@H](NCCCN1CCOCC1)c1cc2ccccc2o1. The van der Waals surface area contributed by atoms with Gasteiger partial charge in [0.1, 0.15) is 11.3 Å². The molecule has 1 aromatic heterocycles. The monoisotopic (exact) mass is 288 g/mol. The van der Waals surface area contributed by atoms with Crippen LogP contribution < -0.4 is 5.32 Å². The maximum absolute atomic E-state index is 5.89. The van der Waals surface area contributed by atoms with Gasteiger partial charge < -0.3 is 14.5 Å². The Morgan fingerprint density at radius 1 is 1.24 bits per heavy atom. The van der Waals surface area contributed by atoms with Crippen LogP contribution in [0.2, 0.25) is 0 Å². The Morgan fingerprint density at radius 3 is 2.86 bits per heavy atom. The van der Waals surface area contributed by atoms with Crippen molar-refractivity contribution in [1.29, 1.82) is 0 Å². The van der Waals surface area contributed by atoms with Gasteiger partial charge in [-0.2, -0.15) is 0 Å². The molecule has 1 aliphatic heterocycles. The third kappa shape index (κ3) is 3.84. The van der Waals surface area contributed by atoms with Gasteiger partial charge in [-0.25, -0.2) is 0 Å². The van der Waals surface area contributed by atoms with Crippen molar-refractivity contribution < 1.29 is 9.15 Å². The lowest BCUT2D eigenvalue weighted by Crippen LogP contribution is -2.37. The summed E-state index contributed by atoms with van der Waals surface area (Å²) >= 11 is 0. The van der Waals surface area contributed by atoms with E-state index in [0.717, 1.165) is 57.2 Å². The molecule has 21 heavy (non-hydrogen) atoms. The molecule has 4 heteroatoms. The lowest BCUT2D eigenvalue weighted by atomic mass is 10.2. The van der Waals surface area contributed by atoms with Crippen molar-refractivity contribution in [3.8, 4) is 0 Å². The number of morpholine rings is 1. The van der Waals surface area contributed by atoms with Gasteiger partial charge in [0.25, 0.3) is 0 Å². The Bertz CT molecular complexity index is 528. The van der Waals surface area contributed by atoms with E-state index in [4.69, 9.17) is 9.15 Å². The Morgan fingerprint density at radius 2 is 2.05 bits per heavy atom. The number of benzene rings is 1. The van der Waals surface area contributed by atoms with E-state index in [1.54, 1.807) is 0 Å². The summed E-state index contributed by atoms with van der Waals surface area (Å²) in [5, 5.41) is 4.72. The molecule has 4 nitrogen and oxygen atoms in total. The number of furan rings is 1. The van der Waals surface area contributed by atoms with Gasteiger partial charge >= 0.3 is 0 Å². The molecular weight excluding hydrogens is 264 g/mol. The fourth-order valence-electron chi connectivity index (χ4n) is 2.76. The number of ether oxygens (including phenoxy) is 1. The van der Waals surface area contributed by atoms with Crippen molar-refractivity contribution in [1.82, 2.24) is 10.2 Å². The summed E-state index contributed by atoms with van der Waals surface area (Å²) in [6, 6.07) is 10.5. The average molecular weight is 288 g/mol. The van der Waals surface area contributed by atoms with Gasteiger partial charge in [-0.15, -0.1) is 0 Å². The first kappa shape index (κ1) is 14.6. The second-order valence-corrected chi connectivity index (χ2v) is 5.67. The van der Waals surface area contributed by atoms with E-state index in [1.165, 1.54) is 5.39 Å². The van der Waals surface area contributed by atoms with Crippen molar-refractivity contribution in [2.45, 2.75) is 19.4 Å². The smallest absolute Gasteiger partial charge is 0.134 e. The van der Waals surface area contributed by atoms with Crippen LogP contribution in [0.3, 0.4) is 0 Å². The molecule has 0 bridgehead atoms. The Balaban J connectivity index is 1.44. The van der Waals surface area contributed by atoms with Crippen LogP contribution in [0.4, 0.5) is 0 Å². The van der Waals surface area contributed by atoms with Crippen LogP contribution in [0, 0.1) is 0 Å². The zero-order valence-electron chi connectivity index (χ0n) is 12.7. The van der Waals surface area contributed by atoms with Gasteiger partial charge in [0.05, 0.1) is 19.3 Å². The van der Waals surface area contributed by atoms with Gasteiger partial charge in [0, 0.05) is 18.5 Å². The maximum Gasteiger partial charge on any atom is 0.134 e. The van der Waals surface area contributed by atoms with E-state index in [9.17, 15) is 0 Å². The van der Waals surface area contributed by atoms with Crippen LogP contribution in [-0.2, 0) is 4.74 Å². The van der Waals surface area contributed by atoms with Crippen LogP contribution in [0.15, 0.2) is 34.7 Å². The Labute approximate surface area is 126 Å². The quantitative estimate of drug-likeness (QED) is 0.830. The highest BCUT2D eigenvalue weighted by atomic mass is 16.5. The van der Waals surface area contributed by atoms with Gasteiger partial charge in [-0.3, -0.25) is 4.90 Å². The third-order valence-electron chi connectivity index (χ3n) is 4.08. The van der Waals surface area contributed by atoms with Crippen LogP contribution in [0.5, 0.6) is 0 Å². The van der Waals surface area contributed by atoms with Crippen LogP contribution in [0.25, 0.3) is 11.0 Å². The standard InChI is InChI=1S/C17H24N2O2/c1-14(17-13-15-5-2-3-6-16(15)21-17)18-7-4-8-19-9-11-20-12-10-19/h2-3,5-6,13-14,18H,4,7-12H2,1H3/t14-/m0/s1. The number of hydrogen-bond donors (Lipinski definition) is 1. The minimum atomic E-state index is 0.252. The Hall–Kier alpha value is -1.36. The van der Waals surface area contributed by atoms with Crippen LogP contribution in [0.1, 0.15) is 25.1 Å². The maximum atomic E-state index is 5.89. The molecule has 0 unspecified atom stereocenters. The minimum Gasteiger partial charge on any atom is -0.459 e. The molecule has 0 amide bonds. The lowest BCUT2D eigenvalue weighted by Gasteiger charge is -2.26. The lowest BCUT2D eigenvalue weighted by molar-refractivity contribution is 0.0374. The van der Waals surface area contributed by atoms with Gasteiger partial charge in [0.15, 0.2) is 0 Å². The largest absolute Gasteiger partial charge is 0.459 e. The summed E-state index contributed by atoms with van der Waals surface area (Å²) < 4.78 is 11.2. The topological polar surface area (TPSA) is 37.6 Å². The zero-order chi connectivity index (χ0) is 14.5. The predicted octanol–water partition coefficient (Wildman–Crippen LogP) is 2.81. The molecule has 114 valence electrons. The van der Waals surface area contributed by atoms with Crippen molar-refractivity contribution in [2.24, 2.45) is 0 Å². The second kappa shape index (κ2) is 7.07. The highest BCUT2D eigenvalue weighted by Crippen LogP contribution is 2.23.